The van der Waals surface area contributed by atoms with Gasteiger partial charge < -0.3 is 14.8 Å². The summed E-state index contributed by atoms with van der Waals surface area (Å²) in [6, 6.07) is 16.5. The Hall–Kier alpha value is -3.07. The highest BCUT2D eigenvalue weighted by Crippen LogP contribution is 2.29. The number of rotatable bonds is 9. The van der Waals surface area contributed by atoms with Gasteiger partial charge in [0, 0.05) is 20.1 Å². The first-order chi connectivity index (χ1) is 16.8. The molecule has 3 rings (SSSR count). The molecule has 1 atom stereocenters. The van der Waals surface area contributed by atoms with Gasteiger partial charge >= 0.3 is 0 Å². The van der Waals surface area contributed by atoms with Gasteiger partial charge in [-0.1, -0.05) is 41.4 Å². The highest BCUT2D eigenvalue weighted by atomic mass is 79.9. The minimum atomic E-state index is -0.795. The number of methoxy groups -OCH3 is 1. The van der Waals surface area contributed by atoms with Gasteiger partial charge in [0.15, 0.2) is 11.5 Å². The van der Waals surface area contributed by atoms with E-state index in [9.17, 15) is 9.59 Å². The van der Waals surface area contributed by atoms with Crippen LogP contribution in [0.4, 0.5) is 0 Å². The SMILES string of the molecule is COc1cc(C=NNC(=O)C(C)NC(=O)c2ccccc2Br)ccc1OCc1ccc(Cl)cc1Cl. The van der Waals surface area contributed by atoms with Crippen molar-refractivity contribution in [1.82, 2.24) is 10.7 Å². The standard InChI is InChI=1S/C25H22BrCl2N3O4/c1-15(30-25(33)19-5-3-4-6-20(19)26)24(32)31-29-13-16-7-10-22(23(11-16)34-2)35-14-17-8-9-18(27)12-21(17)28/h3-13,15H,14H2,1-2H3,(H,30,33)(H,31,32). The maximum absolute atomic E-state index is 12.4. The highest BCUT2D eigenvalue weighted by Gasteiger charge is 2.17. The number of hydrogen-bond donors (Lipinski definition) is 2. The third-order valence-corrected chi connectivity index (χ3v) is 6.11. The second-order valence-electron chi connectivity index (χ2n) is 7.34. The third kappa shape index (κ3) is 7.45. The monoisotopic (exact) mass is 577 g/mol. The molecule has 0 aliphatic heterocycles. The lowest BCUT2D eigenvalue weighted by Gasteiger charge is -2.13. The largest absolute Gasteiger partial charge is 0.493 e. The van der Waals surface area contributed by atoms with E-state index in [1.807, 2.05) is 0 Å². The predicted octanol–water partition coefficient (Wildman–Crippen LogP) is 5.61. The van der Waals surface area contributed by atoms with E-state index in [1.165, 1.54) is 13.3 Å². The number of hydrogen-bond acceptors (Lipinski definition) is 5. The molecule has 0 saturated heterocycles. The number of nitrogens with one attached hydrogen (secondary N) is 2. The fourth-order valence-electron chi connectivity index (χ4n) is 2.93. The van der Waals surface area contributed by atoms with Crippen molar-refractivity contribution in [2.45, 2.75) is 19.6 Å². The van der Waals surface area contributed by atoms with E-state index < -0.39 is 11.9 Å². The molecule has 0 saturated carbocycles. The van der Waals surface area contributed by atoms with Crippen LogP contribution in [-0.2, 0) is 11.4 Å². The van der Waals surface area contributed by atoms with Crippen molar-refractivity contribution in [3.05, 3.63) is 91.9 Å². The zero-order valence-corrected chi connectivity index (χ0v) is 21.9. The van der Waals surface area contributed by atoms with Crippen LogP contribution in [0.1, 0.15) is 28.4 Å². The van der Waals surface area contributed by atoms with Crippen molar-refractivity contribution in [2.24, 2.45) is 5.10 Å². The van der Waals surface area contributed by atoms with E-state index >= 15 is 0 Å². The van der Waals surface area contributed by atoms with Crippen molar-refractivity contribution in [1.29, 1.82) is 0 Å². The van der Waals surface area contributed by atoms with Crippen LogP contribution in [0.3, 0.4) is 0 Å². The van der Waals surface area contributed by atoms with Gasteiger partial charge in [-0.2, -0.15) is 5.10 Å². The highest BCUT2D eigenvalue weighted by molar-refractivity contribution is 9.10. The first-order valence-electron chi connectivity index (χ1n) is 10.4. The van der Waals surface area contributed by atoms with Gasteiger partial charge in [-0.15, -0.1) is 0 Å². The molecule has 0 fully saturated rings. The van der Waals surface area contributed by atoms with Crippen LogP contribution in [0.5, 0.6) is 11.5 Å². The topological polar surface area (TPSA) is 89.0 Å². The number of benzene rings is 3. The molecule has 2 amide bonds. The summed E-state index contributed by atoms with van der Waals surface area (Å²) in [4.78, 5) is 24.7. The van der Waals surface area contributed by atoms with Gasteiger partial charge in [-0.05, 0) is 70.9 Å². The first kappa shape index (κ1) is 26.5. The van der Waals surface area contributed by atoms with E-state index in [1.54, 1.807) is 67.6 Å². The Morgan fingerprint density at radius 3 is 2.57 bits per heavy atom. The van der Waals surface area contributed by atoms with Gasteiger partial charge in [0.25, 0.3) is 11.8 Å². The Morgan fingerprint density at radius 2 is 1.86 bits per heavy atom. The summed E-state index contributed by atoms with van der Waals surface area (Å²) in [6.07, 6.45) is 1.46. The first-order valence-corrected chi connectivity index (χ1v) is 12.0. The number of carbonyl (C=O) groups is 2. The van der Waals surface area contributed by atoms with Crippen LogP contribution in [-0.4, -0.2) is 31.2 Å². The van der Waals surface area contributed by atoms with Crippen LogP contribution >= 0.6 is 39.1 Å². The fourth-order valence-corrected chi connectivity index (χ4v) is 3.86. The lowest BCUT2D eigenvalue weighted by atomic mass is 10.2. The molecule has 0 heterocycles. The molecular weight excluding hydrogens is 557 g/mol. The molecular formula is C25H22BrCl2N3O4. The fraction of sp³-hybridized carbons (Fsp3) is 0.160. The molecule has 3 aromatic carbocycles. The summed E-state index contributed by atoms with van der Waals surface area (Å²) >= 11 is 15.4. The molecule has 0 spiro atoms. The maximum atomic E-state index is 12.4. The van der Waals surface area contributed by atoms with E-state index in [4.69, 9.17) is 32.7 Å². The number of nitrogens with zero attached hydrogens (tertiary/aromatic N) is 1. The summed E-state index contributed by atoms with van der Waals surface area (Å²) in [5.41, 5.74) is 4.31. The van der Waals surface area contributed by atoms with Crippen molar-refractivity contribution >= 4 is 57.2 Å². The van der Waals surface area contributed by atoms with Crippen LogP contribution < -0.4 is 20.2 Å². The maximum Gasteiger partial charge on any atom is 0.262 e. The Balaban J connectivity index is 1.56. The average Bonchev–Trinajstić information content (AvgIpc) is 2.84. The Morgan fingerprint density at radius 1 is 1.09 bits per heavy atom. The second-order valence-corrected chi connectivity index (χ2v) is 9.04. The van der Waals surface area contributed by atoms with Gasteiger partial charge in [0.1, 0.15) is 12.6 Å². The molecule has 0 aliphatic rings. The Bertz CT molecular complexity index is 1250. The minimum Gasteiger partial charge on any atom is -0.493 e. The Labute approximate surface area is 221 Å². The van der Waals surface area contributed by atoms with Gasteiger partial charge in [-0.25, -0.2) is 5.43 Å². The molecule has 7 nitrogen and oxygen atoms in total. The molecule has 1 unspecified atom stereocenters. The zero-order chi connectivity index (χ0) is 25.4. The second kappa shape index (κ2) is 12.6. The molecule has 3 aromatic rings. The van der Waals surface area contributed by atoms with Crippen LogP contribution in [0.2, 0.25) is 10.0 Å². The van der Waals surface area contributed by atoms with E-state index in [0.717, 1.165) is 5.56 Å². The number of amides is 2. The number of hydrazone groups is 1. The predicted molar refractivity (Wildman–Crippen MR) is 141 cm³/mol. The van der Waals surface area contributed by atoms with E-state index in [2.05, 4.69) is 31.8 Å². The van der Waals surface area contributed by atoms with Crippen LogP contribution in [0.25, 0.3) is 0 Å². The minimum absolute atomic E-state index is 0.235. The smallest absolute Gasteiger partial charge is 0.262 e. The van der Waals surface area contributed by atoms with Gasteiger partial charge in [-0.3, -0.25) is 9.59 Å². The quantitative estimate of drug-likeness (QED) is 0.255. The van der Waals surface area contributed by atoms with E-state index in [-0.39, 0.29) is 12.5 Å². The lowest BCUT2D eigenvalue weighted by molar-refractivity contribution is -0.122. The molecule has 35 heavy (non-hydrogen) atoms. The molecule has 0 aromatic heterocycles. The van der Waals surface area contributed by atoms with Crippen molar-refractivity contribution < 1.29 is 19.1 Å². The molecule has 2 N–H and O–H groups in total. The molecule has 0 aliphatic carbocycles. The zero-order valence-electron chi connectivity index (χ0n) is 18.8. The summed E-state index contributed by atoms with van der Waals surface area (Å²) in [6.45, 7) is 1.81. The third-order valence-electron chi connectivity index (χ3n) is 4.83. The molecule has 0 radical (unpaired) electrons. The summed E-state index contributed by atoms with van der Waals surface area (Å²) < 4.78 is 11.9. The van der Waals surface area contributed by atoms with Crippen molar-refractivity contribution in [3.8, 4) is 11.5 Å². The summed E-state index contributed by atoms with van der Waals surface area (Å²) in [5.74, 6) is 0.167. The average molecular weight is 579 g/mol. The van der Waals surface area contributed by atoms with Crippen molar-refractivity contribution in [3.63, 3.8) is 0 Å². The van der Waals surface area contributed by atoms with Gasteiger partial charge in [0.05, 0.1) is 18.9 Å². The Kier molecular flexibility index (Phi) is 9.54. The van der Waals surface area contributed by atoms with Crippen LogP contribution in [0.15, 0.2) is 70.2 Å². The van der Waals surface area contributed by atoms with Gasteiger partial charge in [0.2, 0.25) is 0 Å². The number of carbonyl (C=O) groups excluding carboxylic acids is 2. The normalized spacial score (nSPS) is 11.7. The lowest BCUT2D eigenvalue weighted by Crippen LogP contribution is -2.43. The molecule has 10 heteroatoms. The number of ether oxygens (including phenoxy) is 2. The van der Waals surface area contributed by atoms with Crippen LogP contribution in [0, 0.1) is 0 Å². The summed E-state index contributed by atoms with van der Waals surface area (Å²) in [7, 11) is 1.52. The van der Waals surface area contributed by atoms with E-state index in [0.29, 0.717) is 37.1 Å². The molecule has 0 bridgehead atoms. The summed E-state index contributed by atoms with van der Waals surface area (Å²) in [5, 5.41) is 7.67. The number of halogens is 3. The molecule has 182 valence electrons. The van der Waals surface area contributed by atoms with Crippen molar-refractivity contribution in [2.75, 3.05) is 7.11 Å².